The number of rotatable bonds is 18. The molecule has 160 valence electrons. The first-order chi connectivity index (χ1) is 13.1. The lowest BCUT2D eigenvalue weighted by Gasteiger charge is -2.33. The van der Waals surface area contributed by atoms with Gasteiger partial charge in [0.1, 0.15) is 13.1 Å². The Morgan fingerprint density at radius 2 is 1.37 bits per heavy atom. The zero-order chi connectivity index (χ0) is 19.8. The maximum Gasteiger partial charge on any atom is 0.198 e. The number of unbranched alkanes of at least 4 members (excludes halogenated alkanes) is 11. The maximum absolute atomic E-state index is 9.37. The van der Waals surface area contributed by atoms with E-state index in [4.69, 9.17) is 4.99 Å². The van der Waals surface area contributed by atoms with Gasteiger partial charge >= 0.3 is 0 Å². The first-order valence-electron chi connectivity index (χ1n) is 12.2. The van der Waals surface area contributed by atoms with E-state index in [1.54, 1.807) is 0 Å². The Hall–Kier alpha value is -0.410. The molecule has 3 heteroatoms. The van der Waals surface area contributed by atoms with E-state index in [0.29, 0.717) is 0 Å². The standard InChI is InChI=1S/C24H49N2O/c1-4-26(21-22-27)20-19-25-24(26)18-16-14-12-10-8-6-5-7-9-11-13-15-17-23(2)3/h23,27H,4-22H2,1-3H3/q+1. The highest BCUT2D eigenvalue weighted by atomic mass is 16.3. The third-order valence-electron chi connectivity index (χ3n) is 6.44. The molecule has 0 spiro atoms. The zero-order valence-electron chi connectivity index (χ0n) is 18.9. The summed E-state index contributed by atoms with van der Waals surface area (Å²) in [5.74, 6) is 2.24. The van der Waals surface area contributed by atoms with Crippen LogP contribution in [0.15, 0.2) is 4.99 Å². The minimum Gasteiger partial charge on any atom is -0.390 e. The Morgan fingerprint density at radius 1 is 0.852 bits per heavy atom. The van der Waals surface area contributed by atoms with Crippen LogP contribution in [0.1, 0.15) is 111 Å². The molecule has 0 aliphatic carbocycles. The molecule has 1 unspecified atom stereocenters. The summed E-state index contributed by atoms with van der Waals surface area (Å²) < 4.78 is 0.952. The highest BCUT2D eigenvalue weighted by Gasteiger charge is 2.35. The number of amidine groups is 1. The van der Waals surface area contributed by atoms with Gasteiger partial charge in [0.25, 0.3) is 0 Å². The van der Waals surface area contributed by atoms with E-state index in [1.807, 2.05) is 0 Å². The zero-order valence-corrected chi connectivity index (χ0v) is 18.9. The lowest BCUT2D eigenvalue weighted by molar-refractivity contribution is -0.835. The van der Waals surface area contributed by atoms with Crippen LogP contribution in [0.3, 0.4) is 0 Å². The number of likely N-dealkylation sites (N-methyl/N-ethyl adjacent to an activating group) is 1. The topological polar surface area (TPSA) is 32.6 Å². The summed E-state index contributed by atoms with van der Waals surface area (Å²) in [5.41, 5.74) is 0. The van der Waals surface area contributed by atoms with Crippen LogP contribution in [-0.2, 0) is 0 Å². The van der Waals surface area contributed by atoms with E-state index in [9.17, 15) is 5.11 Å². The summed E-state index contributed by atoms with van der Waals surface area (Å²) in [6, 6.07) is 0. The van der Waals surface area contributed by atoms with Gasteiger partial charge in [-0.1, -0.05) is 90.9 Å². The molecule has 0 aromatic carbocycles. The highest BCUT2D eigenvalue weighted by molar-refractivity contribution is 5.76. The molecule has 0 saturated heterocycles. The first kappa shape index (κ1) is 24.6. The van der Waals surface area contributed by atoms with Crippen LogP contribution in [-0.4, -0.2) is 48.2 Å². The van der Waals surface area contributed by atoms with Gasteiger partial charge in [-0.2, -0.15) is 0 Å². The fourth-order valence-corrected chi connectivity index (χ4v) is 4.50. The molecule has 0 bridgehead atoms. The molecule has 27 heavy (non-hydrogen) atoms. The molecule has 1 rings (SSSR count). The second kappa shape index (κ2) is 15.5. The van der Waals surface area contributed by atoms with Gasteiger partial charge in [-0.3, -0.25) is 4.48 Å². The van der Waals surface area contributed by atoms with Crippen LogP contribution in [0, 0.1) is 5.92 Å². The van der Waals surface area contributed by atoms with Crippen molar-refractivity contribution < 1.29 is 9.59 Å². The average molecular weight is 382 g/mol. The fourth-order valence-electron chi connectivity index (χ4n) is 4.50. The van der Waals surface area contributed by atoms with Crippen molar-refractivity contribution in [3.63, 3.8) is 0 Å². The van der Waals surface area contributed by atoms with Crippen LogP contribution < -0.4 is 0 Å². The monoisotopic (exact) mass is 381 g/mol. The molecule has 1 heterocycles. The fraction of sp³-hybridized carbons (Fsp3) is 0.958. The summed E-state index contributed by atoms with van der Waals surface area (Å²) in [5, 5.41) is 9.37. The lowest BCUT2D eigenvalue weighted by atomic mass is 10.0. The number of aliphatic imine (C=N–C) groups is 1. The Labute approximate surface area is 170 Å². The van der Waals surface area contributed by atoms with Crippen LogP contribution in [0.5, 0.6) is 0 Å². The van der Waals surface area contributed by atoms with Crippen LogP contribution in [0.2, 0.25) is 0 Å². The number of nitrogens with zero attached hydrogens (tertiary/aromatic N) is 2. The Morgan fingerprint density at radius 3 is 1.85 bits per heavy atom. The minimum atomic E-state index is 0.283. The normalized spacial score (nSPS) is 19.8. The van der Waals surface area contributed by atoms with E-state index >= 15 is 0 Å². The van der Waals surface area contributed by atoms with Gasteiger partial charge in [0.05, 0.1) is 19.7 Å². The van der Waals surface area contributed by atoms with E-state index in [1.165, 1.54) is 89.3 Å². The third-order valence-corrected chi connectivity index (χ3v) is 6.44. The van der Waals surface area contributed by atoms with Crippen LogP contribution >= 0.6 is 0 Å². The van der Waals surface area contributed by atoms with Crippen LogP contribution in [0.4, 0.5) is 0 Å². The molecule has 1 aliphatic heterocycles. The molecule has 1 aliphatic rings. The average Bonchev–Trinajstić information content (AvgIpc) is 3.05. The van der Waals surface area contributed by atoms with Gasteiger partial charge < -0.3 is 5.11 Å². The Balaban J connectivity index is 1.89. The SMILES string of the molecule is CC[N+]1(CCO)CCN=C1CCCCCCCCCCCCCCC(C)C. The number of hydrogen-bond donors (Lipinski definition) is 1. The van der Waals surface area contributed by atoms with Crippen molar-refractivity contribution in [1.29, 1.82) is 0 Å². The van der Waals surface area contributed by atoms with Crippen molar-refractivity contribution in [2.24, 2.45) is 10.9 Å². The number of quaternary nitrogens is 1. The molecule has 0 saturated carbocycles. The van der Waals surface area contributed by atoms with Crippen molar-refractivity contribution in [1.82, 2.24) is 0 Å². The molecule has 1 N–H and O–H groups in total. The molecule has 1 atom stereocenters. The van der Waals surface area contributed by atoms with E-state index < -0.39 is 0 Å². The maximum atomic E-state index is 9.37. The second-order valence-electron chi connectivity index (χ2n) is 9.11. The molecule has 3 nitrogen and oxygen atoms in total. The van der Waals surface area contributed by atoms with E-state index in [-0.39, 0.29) is 6.61 Å². The van der Waals surface area contributed by atoms with Gasteiger partial charge in [-0.15, -0.1) is 0 Å². The van der Waals surface area contributed by atoms with Gasteiger partial charge in [0, 0.05) is 6.42 Å². The van der Waals surface area contributed by atoms with E-state index in [2.05, 4.69) is 20.8 Å². The molecule has 0 amide bonds. The summed E-state index contributed by atoms with van der Waals surface area (Å²) in [6.45, 7) is 11.2. The van der Waals surface area contributed by atoms with Crippen molar-refractivity contribution in [2.75, 3.05) is 32.8 Å². The van der Waals surface area contributed by atoms with Crippen molar-refractivity contribution in [2.45, 2.75) is 111 Å². The molecule has 0 radical (unpaired) electrons. The Kier molecular flexibility index (Phi) is 14.1. The molecule has 0 aromatic rings. The number of hydrogen-bond acceptors (Lipinski definition) is 2. The van der Waals surface area contributed by atoms with Crippen molar-refractivity contribution in [3.05, 3.63) is 0 Å². The molecular formula is C24H49N2O+. The van der Waals surface area contributed by atoms with Crippen molar-refractivity contribution in [3.8, 4) is 0 Å². The number of aliphatic hydroxyl groups is 1. The molecule has 0 fully saturated rings. The quantitative estimate of drug-likeness (QED) is 0.218. The van der Waals surface area contributed by atoms with Crippen molar-refractivity contribution >= 4 is 5.84 Å². The molecular weight excluding hydrogens is 332 g/mol. The smallest absolute Gasteiger partial charge is 0.198 e. The van der Waals surface area contributed by atoms with Gasteiger partial charge in [-0.05, 0) is 19.3 Å². The number of aliphatic hydroxyl groups excluding tert-OH is 1. The summed E-state index contributed by atoms with van der Waals surface area (Å²) in [7, 11) is 0. The highest BCUT2D eigenvalue weighted by Crippen LogP contribution is 2.20. The largest absolute Gasteiger partial charge is 0.390 e. The van der Waals surface area contributed by atoms with Crippen LogP contribution in [0.25, 0.3) is 0 Å². The summed E-state index contributed by atoms with van der Waals surface area (Å²) in [4.78, 5) is 4.76. The minimum absolute atomic E-state index is 0.283. The van der Waals surface area contributed by atoms with E-state index in [0.717, 1.165) is 43.0 Å². The van der Waals surface area contributed by atoms with Gasteiger partial charge in [0.15, 0.2) is 5.84 Å². The summed E-state index contributed by atoms with van der Waals surface area (Å²) >= 11 is 0. The third kappa shape index (κ3) is 10.6. The lowest BCUT2D eigenvalue weighted by Crippen LogP contribution is -2.52. The predicted molar refractivity (Wildman–Crippen MR) is 119 cm³/mol. The summed E-state index contributed by atoms with van der Waals surface area (Å²) in [6.07, 6.45) is 19.5. The Bertz CT molecular complexity index is 381. The van der Waals surface area contributed by atoms with Gasteiger partial charge in [0.2, 0.25) is 0 Å². The van der Waals surface area contributed by atoms with Gasteiger partial charge in [-0.25, -0.2) is 4.99 Å². The predicted octanol–water partition coefficient (Wildman–Crippen LogP) is 6.34. The first-order valence-corrected chi connectivity index (χ1v) is 12.2. The molecule has 0 aromatic heterocycles. The second-order valence-corrected chi connectivity index (χ2v) is 9.11.